The van der Waals surface area contributed by atoms with Gasteiger partial charge in [0.2, 0.25) is 0 Å². The third-order valence-electron chi connectivity index (χ3n) is 21.8. The molecule has 6 fully saturated rings. The predicted octanol–water partition coefficient (Wildman–Crippen LogP) is 15.6. The predicted molar refractivity (Wildman–Crippen MR) is 437 cm³/mol. The molecule has 15 rings (SSSR count). The molecule has 3 saturated heterocycles. The fraction of sp³-hybridized carbons (Fsp3) is 0.444. The number of hydrogen-bond acceptors (Lipinski definition) is 18. The van der Waals surface area contributed by atoms with E-state index in [2.05, 4.69) is 45.6 Å². The van der Waals surface area contributed by atoms with Crippen molar-refractivity contribution in [2.75, 3.05) is 131 Å². The zero-order valence-electron chi connectivity index (χ0n) is 64.3. The Balaban J connectivity index is 0.000000179. The normalized spacial score (nSPS) is 16.8. The fourth-order valence-corrected chi connectivity index (χ4v) is 15.5. The number of halogens is 9. The summed E-state index contributed by atoms with van der Waals surface area (Å²) >= 11 is 0. The lowest BCUT2D eigenvalue weighted by Gasteiger charge is -2.28. The van der Waals surface area contributed by atoms with Gasteiger partial charge in [0.15, 0.2) is 52.4 Å². The van der Waals surface area contributed by atoms with Crippen LogP contribution in [0.3, 0.4) is 0 Å². The Morgan fingerprint density at radius 3 is 0.807 bits per heavy atom. The average molecular weight is 1640 g/mol. The maximum absolute atomic E-state index is 13.9. The molecule has 114 heavy (non-hydrogen) atoms. The lowest BCUT2D eigenvalue weighted by Crippen LogP contribution is -2.37. The molecule has 0 spiro atoms. The number of anilines is 6. The first kappa shape index (κ1) is 87.2. The van der Waals surface area contributed by atoms with Gasteiger partial charge in [-0.25, -0.2) is 54.5 Å². The van der Waals surface area contributed by atoms with Crippen molar-refractivity contribution in [3.63, 3.8) is 0 Å². The third kappa shape index (κ3) is 20.0. The first-order valence-corrected chi connectivity index (χ1v) is 37.9. The van der Waals surface area contributed by atoms with Crippen LogP contribution in [0, 0.1) is 52.4 Å². The van der Waals surface area contributed by atoms with E-state index in [0.717, 1.165) is 113 Å². The second-order valence-corrected chi connectivity index (χ2v) is 29.2. The summed E-state index contributed by atoms with van der Waals surface area (Å²) in [6.07, 6.45) is 17.6. The van der Waals surface area contributed by atoms with Crippen LogP contribution in [0.1, 0.15) is 164 Å². The molecule has 612 valence electrons. The largest absolute Gasteiger partial charge is 0.378 e. The molecular weight excluding hydrogens is 1550 g/mol. The van der Waals surface area contributed by atoms with Crippen molar-refractivity contribution in [1.29, 1.82) is 0 Å². The number of ether oxygens (including phenoxy) is 3. The number of fused-ring (bicyclic) bond motifs is 3. The van der Waals surface area contributed by atoms with Gasteiger partial charge >= 0.3 is 0 Å². The zero-order valence-corrected chi connectivity index (χ0v) is 67.3. The number of morpholine rings is 3. The Bertz CT molecular complexity index is 4350. The van der Waals surface area contributed by atoms with Crippen LogP contribution in [-0.2, 0) is 14.2 Å². The number of benzene rings is 6. The molecule has 3 atom stereocenters. The Morgan fingerprint density at radius 1 is 0.368 bits per heavy atom. The van der Waals surface area contributed by atoms with Gasteiger partial charge < -0.3 is 59.6 Å². The van der Waals surface area contributed by atoms with E-state index in [9.17, 15) is 53.9 Å². The number of carbonyl (C=O) groups is 3. The minimum atomic E-state index is -1.52. The molecule has 3 aliphatic carbocycles. The molecule has 3 saturated carbocycles. The molecule has 3 aromatic heterocycles. The van der Waals surface area contributed by atoms with Crippen molar-refractivity contribution in [2.24, 2.45) is 0 Å². The van der Waals surface area contributed by atoms with Gasteiger partial charge in [-0.2, -0.15) is 40.5 Å². The van der Waals surface area contributed by atoms with E-state index in [0.29, 0.717) is 163 Å². The van der Waals surface area contributed by atoms with Gasteiger partial charge in [-0.1, -0.05) is 38.5 Å². The number of aromatic nitrogens is 6. The number of rotatable bonds is 18. The van der Waals surface area contributed by atoms with Crippen molar-refractivity contribution in [1.82, 2.24) is 44.6 Å². The zero-order chi connectivity index (χ0) is 78.3. The van der Waals surface area contributed by atoms with Crippen molar-refractivity contribution in [2.45, 2.75) is 134 Å². The van der Waals surface area contributed by atoms with E-state index in [4.69, 9.17) is 29.2 Å². The molecule has 3 amide bonds. The molecule has 3 aliphatic heterocycles. The van der Waals surface area contributed by atoms with Crippen LogP contribution in [0.25, 0.3) is 33.1 Å². The molecule has 21 nitrogen and oxygen atoms in total. The van der Waals surface area contributed by atoms with Crippen LogP contribution in [-0.4, -0.2) is 181 Å². The van der Waals surface area contributed by atoms with Gasteiger partial charge in [0, 0.05) is 165 Å². The van der Waals surface area contributed by atoms with Crippen molar-refractivity contribution < 1.29 is 68.1 Å². The number of amides is 3. The number of nitrogens with zero attached hydrogens (tertiary/aromatic N) is 12. The summed E-state index contributed by atoms with van der Waals surface area (Å²) in [6.45, 7) is 13.0. The second-order valence-electron chi connectivity index (χ2n) is 29.2. The molecule has 6 aliphatic rings. The van der Waals surface area contributed by atoms with Crippen molar-refractivity contribution in [3.8, 4) is 0 Å². The SMILES string of the molecule is CC(Nc1cc(F)c(F)c(F)c1)c1cc(C(=O)N(C)C2CCCC2)cc2ncc(N3CCOCC3)nc12.CC(Nc1cc(F)c(F)c(F)c1)c1cc(C(=O)N(C)C2CCCC2)cc2ncc(N3CCOCC3)nc12.CC(Nc1cc(F)c(F)c(F)c1)c1cc(C(=O)N(C)C2CCCC2)cc2ncc(N3CCOCC3)nc12.S.S.S. The van der Waals surface area contributed by atoms with Crippen LogP contribution in [0.5, 0.6) is 0 Å². The van der Waals surface area contributed by atoms with Crippen molar-refractivity contribution in [3.05, 3.63) is 177 Å². The Morgan fingerprint density at radius 2 is 0.588 bits per heavy atom. The minimum absolute atomic E-state index is 0. The fourth-order valence-electron chi connectivity index (χ4n) is 15.5. The molecule has 0 radical (unpaired) electrons. The second kappa shape index (κ2) is 39.0. The highest BCUT2D eigenvalue weighted by atomic mass is 32.1. The highest BCUT2D eigenvalue weighted by Crippen LogP contribution is 2.37. The van der Waals surface area contributed by atoms with Crippen LogP contribution in [0.2, 0.25) is 0 Å². The summed E-state index contributed by atoms with van der Waals surface area (Å²) in [5.74, 6) is -10.5. The summed E-state index contributed by atoms with van der Waals surface area (Å²) in [6, 6.07) is 15.0. The topological polar surface area (TPSA) is 212 Å². The Kier molecular flexibility index (Phi) is 29.8. The maximum atomic E-state index is 13.9. The smallest absolute Gasteiger partial charge is 0.253 e. The van der Waals surface area contributed by atoms with Crippen molar-refractivity contribution >= 4 is 126 Å². The minimum Gasteiger partial charge on any atom is -0.378 e. The third-order valence-corrected chi connectivity index (χ3v) is 21.8. The molecule has 9 aromatic rings. The molecule has 6 aromatic carbocycles. The van der Waals surface area contributed by atoms with Crippen LogP contribution in [0.15, 0.2) is 91.4 Å². The molecule has 3 N–H and O–H groups in total. The van der Waals surface area contributed by atoms with E-state index in [1.54, 1.807) is 90.5 Å². The quantitative estimate of drug-likeness (QED) is 0.0538. The average Bonchev–Trinajstić information content (AvgIpc) is 0.984. The van der Waals surface area contributed by atoms with Crippen LogP contribution >= 0.6 is 40.5 Å². The summed E-state index contributed by atoms with van der Waals surface area (Å²) < 4.78 is 140. The maximum Gasteiger partial charge on any atom is 0.253 e. The first-order chi connectivity index (χ1) is 53.4. The molecular formula is C81H96F9N15O6S3. The monoisotopic (exact) mass is 1640 g/mol. The standard InChI is InChI=1S/3C27H30F3N5O2.3H2S/c3*1-16(32-18-13-21(28)25(30)22(29)14-18)20-11-17(27(36)34(2)19-5-3-4-6-19)12-23-26(20)33-24(15-31-23)35-7-9-37-10-8-35;;;/h3*11-16,19,32H,3-10H2,1-2H3;3*1H2. The van der Waals surface area contributed by atoms with Gasteiger partial charge in [0.05, 0.1) is 109 Å². The molecule has 33 heteroatoms. The van der Waals surface area contributed by atoms with Crippen LogP contribution < -0.4 is 30.7 Å². The number of hydrogen-bond donors (Lipinski definition) is 3. The first-order valence-electron chi connectivity index (χ1n) is 37.9. The Labute approximate surface area is 676 Å². The summed E-state index contributed by atoms with van der Waals surface area (Å²) in [5.41, 5.74) is 6.94. The summed E-state index contributed by atoms with van der Waals surface area (Å²) in [5, 5.41) is 9.11. The molecule has 3 unspecified atom stereocenters. The lowest BCUT2D eigenvalue weighted by atomic mass is 10.0. The highest BCUT2D eigenvalue weighted by molar-refractivity contribution is 7.59. The van der Waals surface area contributed by atoms with Crippen LogP contribution in [0.4, 0.5) is 74.0 Å². The van der Waals surface area contributed by atoms with Gasteiger partial charge in [0.25, 0.3) is 17.7 Å². The number of carbonyl (C=O) groups excluding carboxylic acids is 3. The summed E-state index contributed by atoms with van der Waals surface area (Å²) in [7, 11) is 5.46. The Hall–Kier alpha value is -9.15. The van der Waals surface area contributed by atoms with E-state index in [-0.39, 0.29) is 93.4 Å². The van der Waals surface area contributed by atoms with Gasteiger partial charge in [0.1, 0.15) is 17.5 Å². The molecule has 0 bridgehead atoms. The molecule has 6 heterocycles. The lowest BCUT2D eigenvalue weighted by molar-refractivity contribution is 0.0727. The number of nitrogens with one attached hydrogen (secondary N) is 3. The highest BCUT2D eigenvalue weighted by Gasteiger charge is 2.32. The van der Waals surface area contributed by atoms with Gasteiger partial charge in [-0.3, -0.25) is 29.3 Å². The van der Waals surface area contributed by atoms with E-state index in [1.807, 2.05) is 21.1 Å². The summed E-state index contributed by atoms with van der Waals surface area (Å²) in [4.78, 5) is 80.4. The van der Waals surface area contributed by atoms with E-state index < -0.39 is 70.5 Å². The van der Waals surface area contributed by atoms with E-state index in [1.165, 1.54) is 0 Å². The van der Waals surface area contributed by atoms with Gasteiger partial charge in [-0.05, 0) is 95.7 Å². The van der Waals surface area contributed by atoms with Gasteiger partial charge in [-0.15, -0.1) is 0 Å². The van der Waals surface area contributed by atoms with E-state index >= 15 is 0 Å².